The highest BCUT2D eigenvalue weighted by molar-refractivity contribution is 6.38. The Morgan fingerprint density at radius 1 is 1.29 bits per heavy atom. The lowest BCUT2D eigenvalue weighted by atomic mass is 9.99. The smallest absolute Gasteiger partial charge is 0.268 e. The topological polar surface area (TPSA) is 120 Å². The average molecular weight is 425 g/mol. The van der Waals surface area contributed by atoms with Gasteiger partial charge in [-0.15, -0.1) is 0 Å². The SMILES string of the molecule is O=CC(CC1CCNC1=O)NC(=O)CNC(=O)c1cc2c(Cl)cc(Cl)cc2[nH]1. The van der Waals surface area contributed by atoms with Crippen molar-refractivity contribution in [3.05, 3.63) is 33.9 Å². The average Bonchev–Trinajstić information content (AvgIpc) is 3.25. The first-order valence-corrected chi connectivity index (χ1v) is 9.41. The highest BCUT2D eigenvalue weighted by Crippen LogP contribution is 2.28. The van der Waals surface area contributed by atoms with Crippen LogP contribution in [0.5, 0.6) is 0 Å². The number of halogens is 2. The molecule has 0 radical (unpaired) electrons. The Hall–Kier alpha value is -2.58. The normalized spacial score (nSPS) is 17.2. The van der Waals surface area contributed by atoms with Crippen molar-refractivity contribution in [1.82, 2.24) is 20.9 Å². The Morgan fingerprint density at radius 2 is 2.07 bits per heavy atom. The molecule has 1 saturated heterocycles. The van der Waals surface area contributed by atoms with E-state index in [1.165, 1.54) is 0 Å². The summed E-state index contributed by atoms with van der Waals surface area (Å²) in [4.78, 5) is 50.0. The summed E-state index contributed by atoms with van der Waals surface area (Å²) in [5.74, 6) is -1.45. The predicted octanol–water partition coefficient (Wildman–Crippen LogP) is 1.41. The molecule has 0 spiro atoms. The summed E-state index contributed by atoms with van der Waals surface area (Å²) in [6.07, 6.45) is 1.45. The van der Waals surface area contributed by atoms with Crippen LogP contribution in [-0.4, -0.2) is 48.1 Å². The van der Waals surface area contributed by atoms with E-state index in [1.54, 1.807) is 18.2 Å². The molecule has 3 amide bonds. The van der Waals surface area contributed by atoms with Crippen molar-refractivity contribution in [3.8, 4) is 0 Å². The second kappa shape index (κ2) is 8.62. The molecule has 0 bridgehead atoms. The van der Waals surface area contributed by atoms with Gasteiger partial charge in [0.2, 0.25) is 11.8 Å². The van der Waals surface area contributed by atoms with E-state index in [0.717, 1.165) is 0 Å². The summed E-state index contributed by atoms with van der Waals surface area (Å²) in [7, 11) is 0. The second-order valence-corrected chi connectivity index (χ2v) is 7.38. The van der Waals surface area contributed by atoms with Gasteiger partial charge < -0.3 is 25.7 Å². The van der Waals surface area contributed by atoms with Crippen LogP contribution in [0.25, 0.3) is 10.9 Å². The van der Waals surface area contributed by atoms with Gasteiger partial charge in [-0.1, -0.05) is 23.2 Å². The number of aromatic nitrogens is 1. The van der Waals surface area contributed by atoms with E-state index in [4.69, 9.17) is 23.2 Å². The molecule has 8 nitrogen and oxygen atoms in total. The fourth-order valence-corrected chi connectivity index (χ4v) is 3.67. The van der Waals surface area contributed by atoms with Crippen molar-refractivity contribution in [3.63, 3.8) is 0 Å². The largest absolute Gasteiger partial charge is 0.356 e. The van der Waals surface area contributed by atoms with Gasteiger partial charge in [-0.3, -0.25) is 14.4 Å². The summed E-state index contributed by atoms with van der Waals surface area (Å²) in [5, 5.41) is 9.14. The lowest BCUT2D eigenvalue weighted by molar-refractivity contribution is -0.125. The Bertz CT molecular complexity index is 943. The molecule has 2 heterocycles. The lowest BCUT2D eigenvalue weighted by Gasteiger charge is -2.15. The molecular formula is C18H18Cl2N4O4. The zero-order valence-corrected chi connectivity index (χ0v) is 16.2. The minimum Gasteiger partial charge on any atom is -0.356 e. The Labute approximate surface area is 170 Å². The van der Waals surface area contributed by atoms with E-state index in [2.05, 4.69) is 20.9 Å². The first-order chi connectivity index (χ1) is 13.4. The monoisotopic (exact) mass is 424 g/mol. The maximum absolute atomic E-state index is 12.3. The Kier molecular flexibility index (Phi) is 6.21. The number of amides is 3. The molecule has 1 fully saturated rings. The van der Waals surface area contributed by atoms with Gasteiger partial charge in [-0.05, 0) is 31.0 Å². The molecule has 2 unspecified atom stereocenters. The van der Waals surface area contributed by atoms with Gasteiger partial charge in [0.25, 0.3) is 5.91 Å². The number of carbonyl (C=O) groups excluding carboxylic acids is 4. The van der Waals surface area contributed by atoms with Crippen molar-refractivity contribution in [2.75, 3.05) is 13.1 Å². The molecule has 0 aliphatic carbocycles. The molecule has 2 atom stereocenters. The zero-order chi connectivity index (χ0) is 20.3. The van der Waals surface area contributed by atoms with Gasteiger partial charge in [0, 0.05) is 28.4 Å². The van der Waals surface area contributed by atoms with Crippen molar-refractivity contribution in [1.29, 1.82) is 0 Å². The van der Waals surface area contributed by atoms with Crippen LogP contribution in [0.2, 0.25) is 10.0 Å². The zero-order valence-electron chi connectivity index (χ0n) is 14.7. The molecule has 10 heteroatoms. The summed E-state index contributed by atoms with van der Waals surface area (Å²) < 4.78 is 0. The summed E-state index contributed by atoms with van der Waals surface area (Å²) in [5.41, 5.74) is 0.824. The standard InChI is InChI=1S/C18H18Cl2N4O4/c19-10-4-13(20)12-6-15(24-14(12)5-10)18(28)22-7-16(26)23-11(8-25)3-9-1-2-21-17(9)27/h4-6,8-9,11,24H,1-3,7H2,(H,21,27)(H,22,28)(H,23,26). The third-order valence-electron chi connectivity index (χ3n) is 4.52. The van der Waals surface area contributed by atoms with E-state index < -0.39 is 17.9 Å². The number of hydrogen-bond donors (Lipinski definition) is 4. The van der Waals surface area contributed by atoms with E-state index in [0.29, 0.717) is 40.2 Å². The van der Waals surface area contributed by atoms with E-state index >= 15 is 0 Å². The van der Waals surface area contributed by atoms with Gasteiger partial charge in [0.15, 0.2) is 0 Å². The van der Waals surface area contributed by atoms with E-state index in [-0.39, 0.29) is 30.5 Å². The van der Waals surface area contributed by atoms with Crippen molar-refractivity contribution in [2.24, 2.45) is 5.92 Å². The molecule has 3 rings (SSSR count). The van der Waals surface area contributed by atoms with Crippen LogP contribution in [0.3, 0.4) is 0 Å². The maximum Gasteiger partial charge on any atom is 0.268 e. The number of carbonyl (C=O) groups is 4. The number of H-pyrrole nitrogens is 1. The molecule has 4 N–H and O–H groups in total. The molecule has 1 aromatic carbocycles. The number of rotatable bonds is 7. The van der Waals surface area contributed by atoms with E-state index in [9.17, 15) is 19.2 Å². The highest BCUT2D eigenvalue weighted by Gasteiger charge is 2.27. The first-order valence-electron chi connectivity index (χ1n) is 8.65. The second-order valence-electron chi connectivity index (χ2n) is 6.54. The van der Waals surface area contributed by atoms with Crippen LogP contribution in [0.15, 0.2) is 18.2 Å². The minimum atomic E-state index is -0.785. The van der Waals surface area contributed by atoms with Gasteiger partial charge in [0.05, 0.1) is 17.6 Å². The van der Waals surface area contributed by atoms with Crippen LogP contribution < -0.4 is 16.0 Å². The molecule has 148 valence electrons. The minimum absolute atomic E-state index is 0.119. The third-order valence-corrected chi connectivity index (χ3v) is 5.05. The Balaban J connectivity index is 1.55. The molecule has 1 aromatic heterocycles. The van der Waals surface area contributed by atoms with Crippen LogP contribution >= 0.6 is 23.2 Å². The van der Waals surface area contributed by atoms with Crippen molar-refractivity contribution in [2.45, 2.75) is 18.9 Å². The summed E-state index contributed by atoms with van der Waals surface area (Å²) in [6, 6.07) is 3.99. The number of benzene rings is 1. The van der Waals surface area contributed by atoms with Gasteiger partial charge in [-0.25, -0.2) is 0 Å². The predicted molar refractivity (Wildman–Crippen MR) is 104 cm³/mol. The van der Waals surface area contributed by atoms with Crippen molar-refractivity contribution < 1.29 is 19.2 Å². The Morgan fingerprint density at radius 3 is 2.75 bits per heavy atom. The molecule has 28 heavy (non-hydrogen) atoms. The molecular weight excluding hydrogens is 407 g/mol. The number of fused-ring (bicyclic) bond motifs is 1. The molecule has 1 aliphatic heterocycles. The van der Waals surface area contributed by atoms with Crippen LogP contribution in [0.4, 0.5) is 0 Å². The summed E-state index contributed by atoms with van der Waals surface area (Å²) in [6.45, 7) is 0.253. The van der Waals surface area contributed by atoms with Gasteiger partial charge in [0.1, 0.15) is 12.0 Å². The fourth-order valence-electron chi connectivity index (χ4n) is 3.12. The lowest BCUT2D eigenvalue weighted by Crippen LogP contribution is -2.44. The van der Waals surface area contributed by atoms with Crippen LogP contribution in [0.1, 0.15) is 23.3 Å². The highest BCUT2D eigenvalue weighted by atomic mass is 35.5. The maximum atomic E-state index is 12.3. The number of hydrogen-bond acceptors (Lipinski definition) is 4. The fraction of sp³-hybridized carbons (Fsp3) is 0.333. The van der Waals surface area contributed by atoms with Crippen molar-refractivity contribution >= 4 is 58.1 Å². The van der Waals surface area contributed by atoms with Gasteiger partial charge >= 0.3 is 0 Å². The third kappa shape index (κ3) is 4.63. The number of aromatic amines is 1. The summed E-state index contributed by atoms with van der Waals surface area (Å²) >= 11 is 12.0. The van der Waals surface area contributed by atoms with Crippen LogP contribution in [0, 0.1) is 5.92 Å². The van der Waals surface area contributed by atoms with Crippen LogP contribution in [-0.2, 0) is 14.4 Å². The molecule has 0 saturated carbocycles. The number of nitrogens with one attached hydrogen (secondary N) is 4. The first kappa shape index (κ1) is 20.2. The quantitative estimate of drug-likeness (QED) is 0.502. The van der Waals surface area contributed by atoms with E-state index in [1.807, 2.05) is 0 Å². The van der Waals surface area contributed by atoms with Gasteiger partial charge in [-0.2, -0.15) is 0 Å². The molecule has 2 aromatic rings. The number of aldehydes is 1. The molecule has 1 aliphatic rings.